The van der Waals surface area contributed by atoms with E-state index in [-0.39, 0.29) is 17.6 Å². The Morgan fingerprint density at radius 1 is 1.06 bits per heavy atom. The van der Waals surface area contributed by atoms with Crippen LogP contribution in [0.2, 0.25) is 5.02 Å². The number of benzene rings is 2. The number of carbonyl (C=O) groups is 3. The van der Waals surface area contributed by atoms with Gasteiger partial charge >= 0.3 is 5.97 Å². The molecule has 0 fully saturated rings. The fourth-order valence-electron chi connectivity index (χ4n) is 3.70. The molecule has 35 heavy (non-hydrogen) atoms. The highest BCUT2D eigenvalue weighted by Gasteiger charge is 2.33. The summed E-state index contributed by atoms with van der Waals surface area (Å²) >= 11 is 8.87. The Morgan fingerprint density at radius 2 is 1.83 bits per heavy atom. The number of thioether (sulfide) groups is 1. The number of amides is 2. The quantitative estimate of drug-likeness (QED) is 0.252. The molecule has 0 aliphatic heterocycles. The van der Waals surface area contributed by atoms with Crippen LogP contribution in [0.3, 0.4) is 0 Å². The van der Waals surface area contributed by atoms with Crippen LogP contribution in [0.1, 0.15) is 12.8 Å². The van der Waals surface area contributed by atoms with Crippen molar-refractivity contribution in [2.45, 2.75) is 17.7 Å². The molecule has 4 rings (SSSR count). The molecule has 10 heteroatoms. The lowest BCUT2D eigenvalue weighted by atomic mass is 9.82. The third kappa shape index (κ3) is 6.50. The number of carbonyl (C=O) groups excluding carboxylic acids is 2. The highest BCUT2D eigenvalue weighted by molar-refractivity contribution is 8.00. The average Bonchev–Trinajstić information content (AvgIpc) is 3.31. The minimum atomic E-state index is -0.968. The Bertz CT molecular complexity index is 1280. The summed E-state index contributed by atoms with van der Waals surface area (Å²) in [4.78, 5) is 41.9. The van der Waals surface area contributed by atoms with Crippen molar-refractivity contribution in [1.82, 2.24) is 4.98 Å². The summed E-state index contributed by atoms with van der Waals surface area (Å²) in [6.07, 6.45) is 4.38. The number of nitrogens with zero attached hydrogens (tertiary/aromatic N) is 1. The summed E-state index contributed by atoms with van der Waals surface area (Å²) in [5.41, 5.74) is 2.06. The molecule has 2 amide bonds. The third-order valence-corrected chi connectivity index (χ3v) is 7.54. The number of nitrogens with one attached hydrogen (secondary N) is 2. The number of thiazole rings is 1. The van der Waals surface area contributed by atoms with Gasteiger partial charge in [0.15, 0.2) is 5.13 Å². The van der Waals surface area contributed by atoms with Crippen LogP contribution in [0.5, 0.6) is 0 Å². The highest BCUT2D eigenvalue weighted by Crippen LogP contribution is 2.31. The van der Waals surface area contributed by atoms with Gasteiger partial charge in [-0.25, -0.2) is 4.98 Å². The number of rotatable bonds is 8. The molecule has 0 spiro atoms. The fourth-order valence-corrected chi connectivity index (χ4v) is 5.42. The van der Waals surface area contributed by atoms with Crippen LogP contribution in [-0.4, -0.2) is 33.6 Å². The van der Waals surface area contributed by atoms with Gasteiger partial charge in [-0.2, -0.15) is 0 Å². The molecule has 2 aromatic carbocycles. The zero-order chi connectivity index (χ0) is 24.8. The van der Waals surface area contributed by atoms with Gasteiger partial charge in [0.25, 0.3) is 0 Å². The minimum absolute atomic E-state index is 0.160. The number of hydrogen-bond donors (Lipinski definition) is 3. The van der Waals surface area contributed by atoms with E-state index in [9.17, 15) is 19.5 Å². The molecule has 1 aliphatic rings. The van der Waals surface area contributed by atoms with Gasteiger partial charge in [-0.15, -0.1) is 23.1 Å². The van der Waals surface area contributed by atoms with E-state index >= 15 is 0 Å². The van der Waals surface area contributed by atoms with E-state index in [0.29, 0.717) is 34.4 Å². The van der Waals surface area contributed by atoms with Gasteiger partial charge in [-0.1, -0.05) is 48.0 Å². The van der Waals surface area contributed by atoms with Gasteiger partial charge in [0.05, 0.1) is 23.3 Å². The summed E-state index contributed by atoms with van der Waals surface area (Å²) < 4.78 is 0. The lowest BCUT2D eigenvalue weighted by Gasteiger charge is -2.24. The predicted molar refractivity (Wildman–Crippen MR) is 140 cm³/mol. The molecule has 3 N–H and O–H groups in total. The molecule has 1 aromatic heterocycles. The first kappa shape index (κ1) is 25.0. The van der Waals surface area contributed by atoms with Crippen molar-refractivity contribution in [1.29, 1.82) is 0 Å². The third-order valence-electron chi connectivity index (χ3n) is 5.46. The van der Waals surface area contributed by atoms with Gasteiger partial charge < -0.3 is 15.7 Å². The lowest BCUT2D eigenvalue weighted by molar-refractivity contribution is -0.146. The fraction of sp³-hybridized carbons (Fsp3) is 0.200. The summed E-state index contributed by atoms with van der Waals surface area (Å²) in [7, 11) is 0. The molecule has 1 heterocycles. The summed E-state index contributed by atoms with van der Waals surface area (Å²) in [6.45, 7) is 0. The van der Waals surface area contributed by atoms with Gasteiger partial charge in [0.2, 0.25) is 11.8 Å². The summed E-state index contributed by atoms with van der Waals surface area (Å²) in [5, 5.41) is 17.9. The monoisotopic (exact) mass is 527 g/mol. The van der Waals surface area contributed by atoms with E-state index in [1.165, 1.54) is 23.1 Å². The lowest BCUT2D eigenvalue weighted by Crippen LogP contribution is -2.34. The van der Waals surface area contributed by atoms with Crippen molar-refractivity contribution in [3.63, 3.8) is 0 Å². The normalized spacial score (nSPS) is 17.1. The number of aromatic nitrogens is 1. The maximum absolute atomic E-state index is 12.7. The Morgan fingerprint density at radius 3 is 2.60 bits per heavy atom. The van der Waals surface area contributed by atoms with Crippen molar-refractivity contribution in [2.24, 2.45) is 11.8 Å². The molecular weight excluding hydrogens is 506 g/mol. The Labute approximate surface area is 215 Å². The zero-order valence-corrected chi connectivity index (χ0v) is 20.8. The van der Waals surface area contributed by atoms with Gasteiger partial charge in [-0.05, 0) is 37.1 Å². The molecule has 3 aromatic rings. The molecule has 1 aliphatic carbocycles. The maximum Gasteiger partial charge on any atom is 0.307 e. The molecular formula is C25H22ClN3O4S2. The summed E-state index contributed by atoms with van der Waals surface area (Å²) in [6, 6.07) is 14.5. The predicted octanol–water partition coefficient (Wildman–Crippen LogP) is 5.80. The van der Waals surface area contributed by atoms with Crippen LogP contribution >= 0.6 is 34.7 Å². The van der Waals surface area contributed by atoms with Crippen LogP contribution in [0.4, 0.5) is 10.8 Å². The first-order valence-electron chi connectivity index (χ1n) is 10.8. The van der Waals surface area contributed by atoms with Crippen LogP contribution < -0.4 is 10.6 Å². The van der Waals surface area contributed by atoms with E-state index in [4.69, 9.17) is 11.6 Å². The smallest absolute Gasteiger partial charge is 0.307 e. The van der Waals surface area contributed by atoms with Gasteiger partial charge in [0.1, 0.15) is 0 Å². The van der Waals surface area contributed by atoms with Gasteiger partial charge in [0, 0.05) is 26.5 Å². The topological polar surface area (TPSA) is 108 Å². The first-order chi connectivity index (χ1) is 16.9. The number of aliphatic carboxylic acids is 1. The van der Waals surface area contributed by atoms with Crippen LogP contribution in [0.25, 0.3) is 11.3 Å². The van der Waals surface area contributed by atoms with Crippen LogP contribution in [0.15, 0.2) is 71.0 Å². The molecule has 7 nitrogen and oxygen atoms in total. The molecule has 2 atom stereocenters. The number of carboxylic acids is 1. The average molecular weight is 528 g/mol. The maximum atomic E-state index is 12.7. The second-order valence-corrected chi connectivity index (χ2v) is 10.2. The minimum Gasteiger partial charge on any atom is -0.481 e. The van der Waals surface area contributed by atoms with E-state index in [0.717, 1.165) is 10.5 Å². The Kier molecular flexibility index (Phi) is 8.22. The molecule has 0 radical (unpaired) electrons. The van der Waals surface area contributed by atoms with E-state index in [1.807, 2.05) is 35.7 Å². The molecule has 0 bridgehead atoms. The zero-order valence-electron chi connectivity index (χ0n) is 18.4. The first-order valence-corrected chi connectivity index (χ1v) is 13.1. The van der Waals surface area contributed by atoms with E-state index in [2.05, 4.69) is 15.6 Å². The number of hydrogen-bond acceptors (Lipinski definition) is 6. The largest absolute Gasteiger partial charge is 0.481 e. The van der Waals surface area contributed by atoms with Crippen molar-refractivity contribution < 1.29 is 19.5 Å². The van der Waals surface area contributed by atoms with Crippen molar-refractivity contribution in [3.05, 3.63) is 71.1 Å². The van der Waals surface area contributed by atoms with Crippen molar-refractivity contribution in [3.8, 4) is 11.3 Å². The summed E-state index contributed by atoms with van der Waals surface area (Å²) in [5.74, 6) is -2.68. The van der Waals surface area contributed by atoms with E-state index < -0.39 is 17.8 Å². The van der Waals surface area contributed by atoms with Crippen LogP contribution in [0, 0.1) is 11.8 Å². The Balaban J connectivity index is 1.32. The SMILES string of the molecule is O=C(CSc1cccc(NC(=O)C2CC=CCC2C(=O)O)c1)Nc1nc(-c2ccccc2Cl)cs1. The number of anilines is 2. The molecule has 0 saturated carbocycles. The second-order valence-electron chi connectivity index (χ2n) is 7.87. The van der Waals surface area contributed by atoms with E-state index in [1.54, 1.807) is 30.3 Å². The van der Waals surface area contributed by atoms with Crippen molar-refractivity contribution >= 4 is 63.3 Å². The highest BCUT2D eigenvalue weighted by atomic mass is 35.5. The second kappa shape index (κ2) is 11.5. The number of halogens is 1. The van der Waals surface area contributed by atoms with Crippen LogP contribution in [-0.2, 0) is 14.4 Å². The standard InChI is InChI=1S/C25H22ClN3O4S2/c26-20-11-4-3-10-19(20)21-13-35-25(28-21)29-22(30)14-34-16-7-5-6-15(12-16)27-23(31)17-8-1-2-9-18(17)24(32)33/h1-7,10-13,17-18H,8-9,14H2,(H,27,31)(H,32,33)(H,28,29,30). The Hall–Kier alpha value is -3.14. The van der Waals surface area contributed by atoms with Gasteiger partial charge in [-0.3, -0.25) is 14.4 Å². The molecule has 180 valence electrons. The number of carboxylic acid groups (broad SMARTS) is 1. The molecule has 0 saturated heterocycles. The molecule has 2 unspecified atom stereocenters. The number of allylic oxidation sites excluding steroid dienone is 2. The van der Waals surface area contributed by atoms with Crippen molar-refractivity contribution in [2.75, 3.05) is 16.4 Å².